The maximum atomic E-state index is 13.9. The Kier molecular flexibility index (Phi) is 2.19. The Morgan fingerprint density at radius 3 is 2.93 bits per heavy atom. The molecule has 0 aliphatic heterocycles. The zero-order valence-electron chi connectivity index (χ0n) is 7.96. The van der Waals surface area contributed by atoms with Gasteiger partial charge in [-0.05, 0) is 36.1 Å². The van der Waals surface area contributed by atoms with Crippen molar-refractivity contribution in [2.24, 2.45) is 5.73 Å². The summed E-state index contributed by atoms with van der Waals surface area (Å²) in [4.78, 5) is 0. The van der Waals surface area contributed by atoms with Gasteiger partial charge in [-0.15, -0.1) is 0 Å². The summed E-state index contributed by atoms with van der Waals surface area (Å²) in [5, 5.41) is 9.28. The number of phenols is 1. The molecule has 1 aliphatic carbocycles. The van der Waals surface area contributed by atoms with Gasteiger partial charge in [-0.3, -0.25) is 0 Å². The number of hydrogen-bond donors (Lipinski definition) is 2. The molecule has 1 atom stereocenters. The minimum Gasteiger partial charge on any atom is -0.508 e. The Morgan fingerprint density at radius 1 is 1.43 bits per heavy atom. The molecule has 76 valence electrons. The first-order chi connectivity index (χ1) is 6.63. The van der Waals surface area contributed by atoms with Crippen LogP contribution in [0.15, 0.2) is 18.2 Å². The van der Waals surface area contributed by atoms with Crippen molar-refractivity contribution in [2.45, 2.75) is 24.9 Å². The standard InChI is InChI=1S/C11H14FNO/c12-11(7-13)4-3-8-1-2-10(14)5-9(8)6-11/h1-2,5,14H,3-4,6-7,13H2. The monoisotopic (exact) mass is 195 g/mol. The van der Waals surface area contributed by atoms with Gasteiger partial charge in [0.25, 0.3) is 0 Å². The zero-order valence-corrected chi connectivity index (χ0v) is 7.96. The maximum Gasteiger partial charge on any atom is 0.127 e. The van der Waals surface area contributed by atoms with Gasteiger partial charge in [0, 0.05) is 13.0 Å². The molecule has 0 spiro atoms. The Hall–Kier alpha value is -1.09. The van der Waals surface area contributed by atoms with E-state index in [0.29, 0.717) is 19.3 Å². The largest absolute Gasteiger partial charge is 0.508 e. The molecule has 3 heteroatoms. The second-order valence-electron chi connectivity index (χ2n) is 3.98. The molecule has 0 radical (unpaired) electrons. The molecule has 1 aliphatic rings. The van der Waals surface area contributed by atoms with E-state index in [9.17, 15) is 9.50 Å². The third-order valence-corrected chi connectivity index (χ3v) is 2.91. The Bertz CT molecular complexity index is 353. The average molecular weight is 195 g/mol. The van der Waals surface area contributed by atoms with Crippen molar-refractivity contribution in [3.63, 3.8) is 0 Å². The summed E-state index contributed by atoms with van der Waals surface area (Å²) in [5.41, 5.74) is 6.14. The van der Waals surface area contributed by atoms with E-state index < -0.39 is 5.67 Å². The fourth-order valence-corrected chi connectivity index (χ4v) is 1.98. The van der Waals surface area contributed by atoms with E-state index in [1.807, 2.05) is 6.07 Å². The molecule has 14 heavy (non-hydrogen) atoms. The van der Waals surface area contributed by atoms with E-state index in [1.54, 1.807) is 12.1 Å². The lowest BCUT2D eigenvalue weighted by Crippen LogP contribution is -2.38. The number of nitrogens with two attached hydrogens (primary N) is 1. The SMILES string of the molecule is NCC1(F)CCc2ccc(O)cc2C1. The number of halogens is 1. The van der Waals surface area contributed by atoms with E-state index in [2.05, 4.69) is 0 Å². The summed E-state index contributed by atoms with van der Waals surface area (Å²) in [7, 11) is 0. The van der Waals surface area contributed by atoms with Crippen LogP contribution in [-0.4, -0.2) is 17.3 Å². The lowest BCUT2D eigenvalue weighted by Gasteiger charge is -2.29. The highest BCUT2D eigenvalue weighted by Gasteiger charge is 2.32. The topological polar surface area (TPSA) is 46.2 Å². The summed E-state index contributed by atoms with van der Waals surface area (Å²) in [6.07, 6.45) is 1.53. The van der Waals surface area contributed by atoms with Crippen LogP contribution in [0.5, 0.6) is 5.75 Å². The molecule has 1 aromatic carbocycles. The van der Waals surface area contributed by atoms with Crippen LogP contribution < -0.4 is 5.73 Å². The third-order valence-electron chi connectivity index (χ3n) is 2.91. The molecule has 0 amide bonds. The first-order valence-corrected chi connectivity index (χ1v) is 4.83. The fourth-order valence-electron chi connectivity index (χ4n) is 1.98. The first kappa shape index (κ1) is 9.46. The van der Waals surface area contributed by atoms with E-state index in [0.717, 1.165) is 11.1 Å². The summed E-state index contributed by atoms with van der Waals surface area (Å²) in [5.74, 6) is 0.199. The summed E-state index contributed by atoms with van der Waals surface area (Å²) < 4.78 is 13.9. The lowest BCUT2D eigenvalue weighted by molar-refractivity contribution is 0.151. The van der Waals surface area contributed by atoms with Gasteiger partial charge in [0.05, 0.1) is 0 Å². The van der Waals surface area contributed by atoms with Crippen LogP contribution in [0, 0.1) is 0 Å². The average Bonchev–Trinajstić information content (AvgIpc) is 2.17. The molecule has 0 saturated heterocycles. The van der Waals surface area contributed by atoms with Crippen LogP contribution >= 0.6 is 0 Å². The Morgan fingerprint density at radius 2 is 2.21 bits per heavy atom. The number of hydrogen-bond acceptors (Lipinski definition) is 2. The Labute approximate surface area is 82.5 Å². The molecule has 0 bridgehead atoms. The molecule has 0 heterocycles. The van der Waals surface area contributed by atoms with Crippen LogP contribution in [0.2, 0.25) is 0 Å². The Balaban J connectivity index is 2.33. The molecular weight excluding hydrogens is 181 g/mol. The maximum absolute atomic E-state index is 13.9. The number of aromatic hydroxyl groups is 1. The summed E-state index contributed by atoms with van der Waals surface area (Å²) in [6.45, 7) is 0.0576. The number of alkyl halides is 1. The van der Waals surface area contributed by atoms with E-state index in [-0.39, 0.29) is 12.3 Å². The van der Waals surface area contributed by atoms with Crippen molar-refractivity contribution >= 4 is 0 Å². The van der Waals surface area contributed by atoms with E-state index in [4.69, 9.17) is 5.73 Å². The molecule has 0 aromatic heterocycles. The van der Waals surface area contributed by atoms with Crippen molar-refractivity contribution in [1.82, 2.24) is 0 Å². The van der Waals surface area contributed by atoms with Crippen LogP contribution in [0.3, 0.4) is 0 Å². The predicted octanol–water partition coefficient (Wildman–Crippen LogP) is 1.55. The van der Waals surface area contributed by atoms with Gasteiger partial charge < -0.3 is 10.8 Å². The van der Waals surface area contributed by atoms with Crippen LogP contribution in [0.4, 0.5) is 4.39 Å². The molecule has 2 nitrogen and oxygen atoms in total. The minimum atomic E-state index is -1.28. The predicted molar refractivity (Wildman–Crippen MR) is 53.0 cm³/mol. The van der Waals surface area contributed by atoms with Crippen molar-refractivity contribution < 1.29 is 9.50 Å². The molecule has 2 rings (SSSR count). The van der Waals surface area contributed by atoms with Crippen LogP contribution in [-0.2, 0) is 12.8 Å². The van der Waals surface area contributed by atoms with Crippen molar-refractivity contribution in [3.05, 3.63) is 29.3 Å². The molecule has 0 fully saturated rings. The molecular formula is C11H14FNO. The summed E-state index contributed by atoms with van der Waals surface area (Å²) >= 11 is 0. The normalized spacial score (nSPS) is 25.9. The zero-order chi connectivity index (χ0) is 10.2. The number of rotatable bonds is 1. The van der Waals surface area contributed by atoms with Crippen molar-refractivity contribution in [1.29, 1.82) is 0 Å². The van der Waals surface area contributed by atoms with E-state index >= 15 is 0 Å². The molecule has 3 N–H and O–H groups in total. The second kappa shape index (κ2) is 3.24. The second-order valence-corrected chi connectivity index (χ2v) is 3.98. The van der Waals surface area contributed by atoms with Crippen molar-refractivity contribution in [3.8, 4) is 5.75 Å². The van der Waals surface area contributed by atoms with Gasteiger partial charge in [-0.1, -0.05) is 6.07 Å². The van der Waals surface area contributed by atoms with Crippen molar-refractivity contribution in [2.75, 3.05) is 6.54 Å². The first-order valence-electron chi connectivity index (χ1n) is 4.83. The molecule has 0 saturated carbocycles. The fraction of sp³-hybridized carbons (Fsp3) is 0.455. The van der Waals surface area contributed by atoms with E-state index in [1.165, 1.54) is 0 Å². The highest BCUT2D eigenvalue weighted by atomic mass is 19.1. The van der Waals surface area contributed by atoms with Crippen LogP contribution in [0.25, 0.3) is 0 Å². The van der Waals surface area contributed by atoms with Crippen LogP contribution in [0.1, 0.15) is 17.5 Å². The van der Waals surface area contributed by atoms with Gasteiger partial charge in [-0.25, -0.2) is 4.39 Å². The highest BCUT2D eigenvalue weighted by molar-refractivity contribution is 5.38. The molecule has 1 unspecified atom stereocenters. The quantitative estimate of drug-likeness (QED) is 0.714. The number of phenolic OH excluding ortho intramolecular Hbond substituents is 1. The third kappa shape index (κ3) is 1.60. The lowest BCUT2D eigenvalue weighted by atomic mass is 9.82. The van der Waals surface area contributed by atoms with Gasteiger partial charge in [0.1, 0.15) is 11.4 Å². The molecule has 1 aromatic rings. The number of fused-ring (bicyclic) bond motifs is 1. The summed E-state index contributed by atoms with van der Waals surface area (Å²) in [6, 6.07) is 5.14. The number of aryl methyl sites for hydroxylation is 1. The number of benzene rings is 1. The van der Waals surface area contributed by atoms with Gasteiger partial charge in [0.15, 0.2) is 0 Å². The van der Waals surface area contributed by atoms with Gasteiger partial charge in [-0.2, -0.15) is 0 Å². The smallest absolute Gasteiger partial charge is 0.127 e. The van der Waals surface area contributed by atoms with Gasteiger partial charge >= 0.3 is 0 Å². The highest BCUT2D eigenvalue weighted by Crippen LogP contribution is 2.32. The minimum absolute atomic E-state index is 0.0576. The van der Waals surface area contributed by atoms with Gasteiger partial charge in [0.2, 0.25) is 0 Å².